The van der Waals surface area contributed by atoms with E-state index in [1.54, 1.807) is 0 Å². The first-order valence-electron chi connectivity index (χ1n) is 9.54. The summed E-state index contributed by atoms with van der Waals surface area (Å²) in [5.41, 5.74) is 0. The van der Waals surface area contributed by atoms with E-state index < -0.39 is 0 Å². The van der Waals surface area contributed by atoms with E-state index in [2.05, 4.69) is 21.6 Å². The van der Waals surface area contributed by atoms with E-state index in [1.165, 1.54) is 64.5 Å². The second kappa shape index (κ2) is 6.12. The van der Waals surface area contributed by atoms with E-state index in [-0.39, 0.29) is 6.04 Å². The number of hydrogen-bond acceptors (Lipinski definition) is 3. The van der Waals surface area contributed by atoms with Gasteiger partial charge in [-0.25, -0.2) is 0 Å². The lowest BCUT2D eigenvalue weighted by molar-refractivity contribution is -0.145. The van der Waals surface area contributed by atoms with Crippen LogP contribution in [0.25, 0.3) is 0 Å². The van der Waals surface area contributed by atoms with Crippen molar-refractivity contribution in [3.05, 3.63) is 0 Å². The number of nitrogens with zero attached hydrogens (tertiary/aromatic N) is 3. The summed E-state index contributed by atoms with van der Waals surface area (Å²) in [4.78, 5) is 20.1. The largest absolute Gasteiger partial charge is 0.337 e. The molecule has 0 aromatic rings. The van der Waals surface area contributed by atoms with Crippen LogP contribution < -0.4 is 0 Å². The maximum Gasteiger partial charge on any atom is 0.239 e. The Morgan fingerprint density at radius 3 is 2.23 bits per heavy atom. The predicted octanol–water partition coefficient (Wildman–Crippen LogP) is 2.09. The first kappa shape index (κ1) is 14.9. The summed E-state index contributed by atoms with van der Waals surface area (Å²) in [5.74, 6) is 0.395. The SMILES string of the molecule is C[C@H]1C(=O)N2CCC[C@H]2CN1C1CCN(C2CCCC2)CC1. The molecular weight excluding hydrogens is 274 g/mol. The van der Waals surface area contributed by atoms with Crippen molar-refractivity contribution in [1.82, 2.24) is 14.7 Å². The number of fused-ring (bicyclic) bond motifs is 1. The van der Waals surface area contributed by atoms with E-state index in [4.69, 9.17) is 0 Å². The van der Waals surface area contributed by atoms with Crippen molar-refractivity contribution < 1.29 is 4.79 Å². The molecule has 124 valence electrons. The third-order valence-corrected chi connectivity index (χ3v) is 6.75. The van der Waals surface area contributed by atoms with Crippen molar-refractivity contribution in [3.63, 3.8) is 0 Å². The van der Waals surface area contributed by atoms with E-state index in [0.717, 1.165) is 19.1 Å². The molecule has 3 saturated heterocycles. The second-order valence-electron chi connectivity index (χ2n) is 7.91. The third kappa shape index (κ3) is 2.58. The summed E-state index contributed by atoms with van der Waals surface area (Å²) >= 11 is 0. The van der Waals surface area contributed by atoms with Crippen LogP contribution in [0.5, 0.6) is 0 Å². The zero-order valence-corrected chi connectivity index (χ0v) is 14.0. The van der Waals surface area contributed by atoms with Crippen LogP contribution in [0, 0.1) is 0 Å². The number of carbonyl (C=O) groups is 1. The van der Waals surface area contributed by atoms with E-state index >= 15 is 0 Å². The Balaban J connectivity index is 1.37. The predicted molar refractivity (Wildman–Crippen MR) is 87.8 cm³/mol. The molecule has 0 radical (unpaired) electrons. The number of carbonyl (C=O) groups excluding carboxylic acids is 1. The van der Waals surface area contributed by atoms with Gasteiger partial charge in [0, 0.05) is 31.2 Å². The first-order valence-corrected chi connectivity index (χ1v) is 9.54. The molecule has 1 saturated carbocycles. The molecule has 0 aromatic heterocycles. The van der Waals surface area contributed by atoms with E-state index in [9.17, 15) is 4.79 Å². The maximum atomic E-state index is 12.6. The molecule has 4 aliphatic rings. The third-order valence-electron chi connectivity index (χ3n) is 6.75. The van der Waals surface area contributed by atoms with Gasteiger partial charge in [0.1, 0.15) is 0 Å². The van der Waals surface area contributed by atoms with Crippen molar-refractivity contribution in [2.45, 2.75) is 82.5 Å². The van der Waals surface area contributed by atoms with Crippen molar-refractivity contribution >= 4 is 5.91 Å². The molecule has 4 nitrogen and oxygen atoms in total. The average Bonchev–Trinajstić information content (AvgIpc) is 3.22. The quantitative estimate of drug-likeness (QED) is 0.781. The molecular formula is C18H31N3O. The fourth-order valence-electron chi connectivity index (χ4n) is 5.42. The zero-order valence-electron chi connectivity index (χ0n) is 14.0. The van der Waals surface area contributed by atoms with Gasteiger partial charge in [0.05, 0.1) is 6.04 Å². The van der Waals surface area contributed by atoms with Gasteiger partial charge >= 0.3 is 0 Å². The van der Waals surface area contributed by atoms with Crippen molar-refractivity contribution in [1.29, 1.82) is 0 Å². The molecule has 22 heavy (non-hydrogen) atoms. The Hall–Kier alpha value is -0.610. The van der Waals surface area contributed by atoms with Gasteiger partial charge in [-0.1, -0.05) is 12.8 Å². The molecule has 0 N–H and O–H groups in total. The minimum absolute atomic E-state index is 0.109. The van der Waals surface area contributed by atoms with Gasteiger partial charge in [-0.05, 0) is 58.5 Å². The average molecular weight is 305 g/mol. The van der Waals surface area contributed by atoms with Gasteiger partial charge in [-0.3, -0.25) is 9.69 Å². The second-order valence-corrected chi connectivity index (χ2v) is 7.91. The van der Waals surface area contributed by atoms with Crippen LogP contribution in [-0.2, 0) is 4.79 Å². The smallest absolute Gasteiger partial charge is 0.239 e. The van der Waals surface area contributed by atoms with Crippen LogP contribution in [0.4, 0.5) is 0 Å². The highest BCUT2D eigenvalue weighted by atomic mass is 16.2. The fourth-order valence-corrected chi connectivity index (χ4v) is 5.42. The summed E-state index contributed by atoms with van der Waals surface area (Å²) in [6.07, 6.45) is 10.6. The summed E-state index contributed by atoms with van der Waals surface area (Å²) in [6.45, 7) is 6.77. The van der Waals surface area contributed by atoms with Gasteiger partial charge in [-0.15, -0.1) is 0 Å². The van der Waals surface area contributed by atoms with Crippen LogP contribution >= 0.6 is 0 Å². The zero-order chi connectivity index (χ0) is 15.1. The molecule has 0 unspecified atom stereocenters. The lowest BCUT2D eigenvalue weighted by Gasteiger charge is -2.48. The number of piperidine rings is 1. The lowest BCUT2D eigenvalue weighted by Crippen LogP contribution is -2.62. The number of likely N-dealkylation sites (tertiary alicyclic amines) is 1. The van der Waals surface area contributed by atoms with Gasteiger partial charge < -0.3 is 9.80 Å². The number of amides is 1. The minimum atomic E-state index is 0.109. The van der Waals surface area contributed by atoms with Crippen LogP contribution in [0.1, 0.15) is 58.3 Å². The molecule has 4 rings (SSSR count). The summed E-state index contributed by atoms with van der Waals surface area (Å²) < 4.78 is 0. The molecule has 0 spiro atoms. The fraction of sp³-hybridized carbons (Fsp3) is 0.944. The normalized spacial score (nSPS) is 36.2. The van der Waals surface area contributed by atoms with Crippen LogP contribution in [-0.4, -0.2) is 71.0 Å². The molecule has 4 fully saturated rings. The molecule has 1 aliphatic carbocycles. The summed E-state index contributed by atoms with van der Waals surface area (Å²) in [7, 11) is 0. The highest BCUT2D eigenvalue weighted by Gasteiger charge is 2.43. The Bertz CT molecular complexity index is 413. The first-order chi connectivity index (χ1) is 10.7. The summed E-state index contributed by atoms with van der Waals surface area (Å²) in [5, 5.41) is 0. The maximum absolute atomic E-state index is 12.6. The van der Waals surface area contributed by atoms with Crippen LogP contribution in [0.2, 0.25) is 0 Å². The van der Waals surface area contributed by atoms with Crippen LogP contribution in [0.3, 0.4) is 0 Å². The summed E-state index contributed by atoms with van der Waals surface area (Å²) in [6, 6.07) is 2.12. The molecule has 2 atom stereocenters. The highest BCUT2D eigenvalue weighted by Crippen LogP contribution is 2.31. The Kier molecular flexibility index (Phi) is 4.16. The van der Waals surface area contributed by atoms with E-state index in [1.807, 2.05) is 0 Å². The van der Waals surface area contributed by atoms with Crippen molar-refractivity contribution in [3.8, 4) is 0 Å². The van der Waals surface area contributed by atoms with Gasteiger partial charge in [-0.2, -0.15) is 0 Å². The number of hydrogen-bond donors (Lipinski definition) is 0. The van der Waals surface area contributed by atoms with Gasteiger partial charge in [0.2, 0.25) is 5.91 Å². The molecule has 4 heteroatoms. The Morgan fingerprint density at radius 2 is 1.50 bits per heavy atom. The minimum Gasteiger partial charge on any atom is -0.337 e. The number of rotatable bonds is 2. The van der Waals surface area contributed by atoms with Gasteiger partial charge in [0.15, 0.2) is 0 Å². The lowest BCUT2D eigenvalue weighted by atomic mass is 9.96. The standard InChI is InChI=1S/C18H31N3O/c1-14-18(22)20-10-4-7-17(20)13-21(14)16-8-11-19(12-9-16)15-5-2-3-6-15/h14-17H,2-13H2,1H3/t14-,17-/m0/s1. The topological polar surface area (TPSA) is 26.8 Å². The van der Waals surface area contributed by atoms with Crippen molar-refractivity contribution in [2.75, 3.05) is 26.2 Å². The Labute approximate surface area is 134 Å². The van der Waals surface area contributed by atoms with E-state index in [0.29, 0.717) is 18.0 Å². The monoisotopic (exact) mass is 305 g/mol. The Morgan fingerprint density at radius 1 is 0.818 bits per heavy atom. The molecule has 0 aromatic carbocycles. The van der Waals surface area contributed by atoms with Gasteiger partial charge in [0.25, 0.3) is 0 Å². The van der Waals surface area contributed by atoms with Crippen molar-refractivity contribution in [2.24, 2.45) is 0 Å². The van der Waals surface area contributed by atoms with Crippen LogP contribution in [0.15, 0.2) is 0 Å². The molecule has 0 bridgehead atoms. The molecule has 1 amide bonds. The highest BCUT2D eigenvalue weighted by molar-refractivity contribution is 5.83. The molecule has 3 aliphatic heterocycles. The molecule has 3 heterocycles. The number of piperazine rings is 1.